The molecule has 11 heavy (non-hydrogen) atoms. The van der Waals surface area contributed by atoms with E-state index in [4.69, 9.17) is 11.6 Å². The van der Waals surface area contributed by atoms with E-state index in [0.29, 0.717) is 19.1 Å². The highest BCUT2D eigenvalue weighted by Gasteiger charge is 2.13. The fourth-order valence-electron chi connectivity index (χ4n) is 0.486. The number of nitrogens with two attached hydrogens (primary N) is 2. The van der Waals surface area contributed by atoms with Crippen LogP contribution in [0.4, 0.5) is 4.79 Å². The van der Waals surface area contributed by atoms with Crippen LogP contribution in [0.5, 0.6) is 0 Å². The third-order valence-electron chi connectivity index (χ3n) is 0.890. The summed E-state index contributed by atoms with van der Waals surface area (Å²) in [6, 6.07) is 0.153. The van der Waals surface area contributed by atoms with E-state index in [2.05, 4.69) is 5.32 Å². The van der Waals surface area contributed by atoms with E-state index >= 15 is 0 Å². The number of hydrazine groups is 1. The van der Waals surface area contributed by atoms with Crippen LogP contribution >= 0.6 is 0 Å². The van der Waals surface area contributed by atoms with Crippen LogP contribution in [0.2, 0.25) is 0 Å². The Labute approximate surface area is 66.7 Å². The number of rotatable bonds is 0. The van der Waals surface area contributed by atoms with E-state index < -0.39 is 0 Å². The second kappa shape index (κ2) is 4.92. The molecule has 5 heteroatoms. The summed E-state index contributed by atoms with van der Waals surface area (Å²) in [5, 5.41) is 3.68. The minimum absolute atomic E-state index is 0.181. The second-order valence-electron chi connectivity index (χ2n) is 2.67. The zero-order chi connectivity index (χ0) is 8.85. The van der Waals surface area contributed by atoms with Crippen LogP contribution in [-0.2, 0) is 0 Å². The summed E-state index contributed by atoms with van der Waals surface area (Å²) in [6.07, 6.45) is 0. The van der Waals surface area contributed by atoms with Gasteiger partial charge in [0.15, 0.2) is 0 Å². The fourth-order valence-corrected chi connectivity index (χ4v) is 0.486. The fraction of sp³-hybridized carbons (Fsp3) is 0.833. The van der Waals surface area contributed by atoms with E-state index in [1.807, 2.05) is 13.8 Å². The Kier molecular flexibility index (Phi) is 4.56. The van der Waals surface area contributed by atoms with Gasteiger partial charge in [0.1, 0.15) is 0 Å². The molecule has 0 radical (unpaired) electrons. The molecular weight excluding hydrogens is 144 g/mol. The number of carbonyl (C=O) groups is 1. The van der Waals surface area contributed by atoms with Crippen LogP contribution in [0.25, 0.3) is 0 Å². The average Bonchev–Trinajstić information content (AvgIpc) is 2.15. The van der Waals surface area contributed by atoms with Gasteiger partial charge in [-0.3, -0.25) is 5.01 Å². The van der Waals surface area contributed by atoms with Crippen molar-refractivity contribution in [3.8, 4) is 0 Å². The van der Waals surface area contributed by atoms with E-state index in [-0.39, 0.29) is 6.03 Å². The predicted octanol–water partition coefficient (Wildman–Crippen LogP) is -0.761. The Bertz CT molecular complexity index is 123. The van der Waals surface area contributed by atoms with Crippen LogP contribution < -0.4 is 16.9 Å². The molecule has 2 amide bonds. The lowest BCUT2D eigenvalue weighted by atomic mass is 10.5. The van der Waals surface area contributed by atoms with Crippen LogP contribution in [0.15, 0.2) is 0 Å². The smallest absolute Gasteiger partial charge is 0.331 e. The Morgan fingerprint density at radius 3 is 2.18 bits per heavy atom. The summed E-state index contributed by atoms with van der Waals surface area (Å²) < 4.78 is 0. The Balaban J connectivity index is 0.000000218. The molecule has 1 aliphatic rings. The van der Waals surface area contributed by atoms with E-state index in [0.717, 1.165) is 5.01 Å². The molecular formula is C6H16N4O. The monoisotopic (exact) mass is 160 g/mol. The molecule has 0 aromatic carbocycles. The molecule has 66 valence electrons. The third kappa shape index (κ3) is 5.63. The number of nitrogens with zero attached hydrogens (tertiary/aromatic N) is 1. The van der Waals surface area contributed by atoms with E-state index in [1.165, 1.54) is 0 Å². The van der Waals surface area contributed by atoms with Gasteiger partial charge in [0, 0.05) is 6.54 Å². The van der Waals surface area contributed by atoms with Gasteiger partial charge in [0.05, 0.1) is 6.54 Å². The van der Waals surface area contributed by atoms with Gasteiger partial charge in [-0.05, 0) is 6.04 Å². The molecule has 1 heterocycles. The summed E-state index contributed by atoms with van der Waals surface area (Å²) in [7, 11) is 0. The van der Waals surface area contributed by atoms with Crippen molar-refractivity contribution in [2.24, 2.45) is 11.6 Å². The van der Waals surface area contributed by atoms with Gasteiger partial charge >= 0.3 is 6.03 Å². The molecule has 0 atom stereocenters. The topological polar surface area (TPSA) is 84.4 Å². The predicted molar refractivity (Wildman–Crippen MR) is 43.6 cm³/mol. The van der Waals surface area contributed by atoms with E-state index in [1.54, 1.807) is 0 Å². The highest BCUT2D eigenvalue weighted by atomic mass is 16.2. The lowest BCUT2D eigenvalue weighted by Gasteiger charge is -2.01. The normalized spacial score (nSPS) is 16.1. The van der Waals surface area contributed by atoms with Gasteiger partial charge in [-0.1, -0.05) is 13.8 Å². The highest BCUT2D eigenvalue weighted by molar-refractivity contribution is 5.75. The van der Waals surface area contributed by atoms with Crippen LogP contribution in [-0.4, -0.2) is 30.2 Å². The van der Waals surface area contributed by atoms with Crippen molar-refractivity contribution in [3.63, 3.8) is 0 Å². The summed E-state index contributed by atoms with van der Waals surface area (Å²) in [5.74, 6) is 5.10. The van der Waals surface area contributed by atoms with Crippen molar-refractivity contribution in [2.45, 2.75) is 19.9 Å². The summed E-state index contributed by atoms with van der Waals surface area (Å²) >= 11 is 0. The maximum absolute atomic E-state index is 10.3. The molecule has 0 aromatic heterocycles. The Morgan fingerprint density at radius 1 is 1.64 bits per heavy atom. The number of amides is 2. The van der Waals surface area contributed by atoms with Crippen molar-refractivity contribution in [1.82, 2.24) is 10.3 Å². The van der Waals surface area contributed by atoms with Crippen molar-refractivity contribution in [2.75, 3.05) is 13.1 Å². The summed E-state index contributed by atoms with van der Waals surface area (Å²) in [5.41, 5.74) is 5.11. The quantitative estimate of drug-likeness (QED) is 0.321. The first-order valence-corrected chi connectivity index (χ1v) is 3.59. The first-order chi connectivity index (χ1) is 5.04. The van der Waals surface area contributed by atoms with Crippen LogP contribution in [0.3, 0.4) is 0 Å². The molecule has 0 aromatic rings. The number of urea groups is 1. The van der Waals surface area contributed by atoms with Crippen molar-refractivity contribution < 1.29 is 4.79 Å². The van der Waals surface area contributed by atoms with Gasteiger partial charge in [-0.15, -0.1) is 0 Å². The zero-order valence-corrected chi connectivity index (χ0v) is 7.00. The molecule has 1 aliphatic heterocycles. The van der Waals surface area contributed by atoms with Gasteiger partial charge in [-0.25, -0.2) is 10.6 Å². The molecule has 1 fully saturated rings. The van der Waals surface area contributed by atoms with Crippen molar-refractivity contribution >= 4 is 6.03 Å². The standard InChI is InChI=1S/C3H7N3O.C3H9N/c4-6-2-1-5-3(6)7;1-3(2)4/h1-2,4H2,(H,5,7);3H,4H2,1-2H3. The number of hydrogen-bond acceptors (Lipinski definition) is 3. The zero-order valence-electron chi connectivity index (χ0n) is 7.00. The van der Waals surface area contributed by atoms with Crippen LogP contribution in [0, 0.1) is 0 Å². The minimum atomic E-state index is -0.181. The lowest BCUT2D eigenvalue weighted by molar-refractivity contribution is 0.218. The summed E-state index contributed by atoms with van der Waals surface area (Å²) in [4.78, 5) is 10.3. The third-order valence-corrected chi connectivity index (χ3v) is 0.890. The molecule has 1 saturated heterocycles. The maximum atomic E-state index is 10.3. The molecule has 5 nitrogen and oxygen atoms in total. The number of carbonyl (C=O) groups excluding carboxylic acids is 1. The first-order valence-electron chi connectivity index (χ1n) is 3.59. The molecule has 0 unspecified atom stereocenters. The molecule has 0 spiro atoms. The minimum Gasteiger partial charge on any atom is -0.335 e. The van der Waals surface area contributed by atoms with Gasteiger partial charge in [0.2, 0.25) is 0 Å². The SMILES string of the molecule is CC(C)N.NN1CCNC1=O. The second-order valence-corrected chi connectivity index (χ2v) is 2.67. The summed E-state index contributed by atoms with van der Waals surface area (Å²) in [6.45, 7) is 5.19. The van der Waals surface area contributed by atoms with Crippen molar-refractivity contribution in [3.05, 3.63) is 0 Å². The Morgan fingerprint density at radius 2 is 2.09 bits per heavy atom. The largest absolute Gasteiger partial charge is 0.335 e. The molecule has 5 N–H and O–H groups in total. The van der Waals surface area contributed by atoms with Crippen LogP contribution in [0.1, 0.15) is 13.8 Å². The van der Waals surface area contributed by atoms with Crippen molar-refractivity contribution in [1.29, 1.82) is 0 Å². The number of nitrogens with one attached hydrogen (secondary N) is 1. The average molecular weight is 160 g/mol. The molecule has 0 bridgehead atoms. The molecule has 1 rings (SSSR count). The Hall–Kier alpha value is -0.810. The highest BCUT2D eigenvalue weighted by Crippen LogP contribution is 1.84. The van der Waals surface area contributed by atoms with Gasteiger partial charge in [0.25, 0.3) is 0 Å². The lowest BCUT2D eigenvalue weighted by Crippen LogP contribution is -2.34. The van der Waals surface area contributed by atoms with Gasteiger partial charge in [-0.2, -0.15) is 0 Å². The maximum Gasteiger partial charge on any atom is 0.331 e. The molecule has 0 aliphatic carbocycles. The number of hydrogen-bond donors (Lipinski definition) is 3. The van der Waals surface area contributed by atoms with E-state index in [9.17, 15) is 4.79 Å². The van der Waals surface area contributed by atoms with Gasteiger partial charge < -0.3 is 11.1 Å². The molecule has 0 saturated carbocycles. The first kappa shape index (κ1) is 10.2.